The molecule has 3 heteroatoms. The van der Waals surface area contributed by atoms with Crippen LogP contribution in [-0.4, -0.2) is 16.8 Å². The number of carbonyl (C=O) groups excluding carboxylic acids is 1. The molecule has 1 amide bonds. The monoisotopic (exact) mass is 291 g/mol. The predicted octanol–water partition coefficient (Wildman–Crippen LogP) is 3.74. The Kier molecular flexibility index (Phi) is 6.61. The molecule has 96 valence electrons. The van der Waals surface area contributed by atoms with Crippen LogP contribution in [0.5, 0.6) is 0 Å². The van der Waals surface area contributed by atoms with Gasteiger partial charge in [-0.1, -0.05) is 50.5 Å². The lowest BCUT2D eigenvalue weighted by Crippen LogP contribution is -2.36. The van der Waals surface area contributed by atoms with Gasteiger partial charge < -0.3 is 5.32 Å². The van der Waals surface area contributed by atoms with Crippen molar-refractivity contribution in [1.82, 2.24) is 5.32 Å². The van der Waals surface area contributed by atoms with E-state index >= 15 is 0 Å². The molecule has 0 rings (SSSR count). The van der Waals surface area contributed by atoms with Crippen molar-refractivity contribution in [1.29, 1.82) is 0 Å². The Morgan fingerprint density at radius 3 is 2.12 bits per heavy atom. The summed E-state index contributed by atoms with van der Waals surface area (Å²) >= 11 is 3.50. The molecule has 0 spiro atoms. The first-order valence-electron chi connectivity index (χ1n) is 6.06. The molecule has 1 N–H and O–H groups in total. The molecule has 0 aromatic heterocycles. The van der Waals surface area contributed by atoms with E-state index in [1.54, 1.807) is 0 Å². The second-order valence-corrected chi connectivity index (χ2v) is 7.52. The molecular formula is C13H26BrNO. The van der Waals surface area contributed by atoms with Crippen molar-refractivity contribution in [2.24, 2.45) is 11.3 Å². The van der Waals surface area contributed by atoms with Gasteiger partial charge in [0.15, 0.2) is 0 Å². The number of nitrogens with one attached hydrogen (secondary N) is 1. The third-order valence-corrected chi connectivity index (χ3v) is 3.43. The van der Waals surface area contributed by atoms with Crippen molar-refractivity contribution < 1.29 is 4.79 Å². The number of hydrogen-bond acceptors (Lipinski definition) is 1. The lowest BCUT2D eigenvalue weighted by atomic mass is 9.80. The summed E-state index contributed by atoms with van der Waals surface area (Å²) in [4.78, 5) is 12.2. The minimum absolute atomic E-state index is 0.170. The van der Waals surface area contributed by atoms with E-state index in [4.69, 9.17) is 0 Å². The second kappa shape index (κ2) is 6.63. The molecule has 0 aromatic rings. The number of amides is 1. The lowest BCUT2D eigenvalue weighted by Gasteiger charge is -2.27. The van der Waals surface area contributed by atoms with Gasteiger partial charge in [-0.25, -0.2) is 0 Å². The van der Waals surface area contributed by atoms with Crippen molar-refractivity contribution in [3.63, 3.8) is 0 Å². The highest BCUT2D eigenvalue weighted by Crippen LogP contribution is 2.27. The minimum atomic E-state index is 0.170. The van der Waals surface area contributed by atoms with Crippen molar-refractivity contribution in [2.75, 3.05) is 0 Å². The van der Waals surface area contributed by atoms with Gasteiger partial charge >= 0.3 is 0 Å². The molecule has 0 saturated heterocycles. The maximum Gasteiger partial charge on any atom is 0.220 e. The molecule has 3 atom stereocenters. The molecule has 3 unspecified atom stereocenters. The van der Waals surface area contributed by atoms with Crippen LogP contribution in [0.4, 0.5) is 0 Å². The van der Waals surface area contributed by atoms with Gasteiger partial charge in [0, 0.05) is 17.3 Å². The fourth-order valence-corrected chi connectivity index (χ4v) is 2.02. The zero-order chi connectivity index (χ0) is 12.9. The molecule has 0 heterocycles. The molecule has 0 bridgehead atoms. The average Bonchev–Trinajstić information content (AvgIpc) is 1.98. The molecule has 0 aliphatic heterocycles. The van der Waals surface area contributed by atoms with E-state index in [1.807, 2.05) is 0 Å². The molecule has 16 heavy (non-hydrogen) atoms. The van der Waals surface area contributed by atoms with Crippen molar-refractivity contribution in [3.8, 4) is 0 Å². The molecule has 0 aliphatic carbocycles. The van der Waals surface area contributed by atoms with Gasteiger partial charge in [0.2, 0.25) is 5.91 Å². The third kappa shape index (κ3) is 7.26. The smallest absolute Gasteiger partial charge is 0.220 e. The van der Waals surface area contributed by atoms with Crippen LogP contribution in [0, 0.1) is 11.3 Å². The Bertz CT molecular complexity index is 220. The second-order valence-electron chi connectivity index (χ2n) is 5.96. The molecular weight excluding hydrogens is 266 g/mol. The lowest BCUT2D eigenvalue weighted by molar-refractivity contribution is -0.123. The number of hydrogen-bond donors (Lipinski definition) is 1. The van der Waals surface area contributed by atoms with Crippen LogP contribution in [-0.2, 0) is 4.79 Å². The minimum Gasteiger partial charge on any atom is -0.354 e. The molecule has 0 aliphatic rings. The van der Waals surface area contributed by atoms with Crippen LogP contribution in [0.3, 0.4) is 0 Å². The third-order valence-electron chi connectivity index (χ3n) is 3.06. The van der Waals surface area contributed by atoms with Gasteiger partial charge in [0.1, 0.15) is 0 Å². The topological polar surface area (TPSA) is 29.1 Å². The Morgan fingerprint density at radius 2 is 1.75 bits per heavy atom. The first-order chi connectivity index (χ1) is 7.12. The van der Waals surface area contributed by atoms with Crippen LogP contribution in [0.25, 0.3) is 0 Å². The van der Waals surface area contributed by atoms with E-state index in [0.29, 0.717) is 17.2 Å². The summed E-state index contributed by atoms with van der Waals surface area (Å²) in [5.41, 5.74) is 0.198. The average molecular weight is 292 g/mol. The molecule has 0 aromatic carbocycles. The summed E-state index contributed by atoms with van der Waals surface area (Å²) < 4.78 is 0. The highest BCUT2D eigenvalue weighted by molar-refractivity contribution is 9.09. The molecule has 0 saturated carbocycles. The van der Waals surface area contributed by atoms with E-state index in [0.717, 1.165) is 6.42 Å². The highest BCUT2D eigenvalue weighted by atomic mass is 79.9. The summed E-state index contributed by atoms with van der Waals surface area (Å²) in [6.07, 6.45) is 1.58. The Labute approximate surface area is 109 Å². The largest absolute Gasteiger partial charge is 0.354 e. The van der Waals surface area contributed by atoms with Crippen LogP contribution < -0.4 is 5.32 Å². The highest BCUT2D eigenvalue weighted by Gasteiger charge is 2.23. The summed E-state index contributed by atoms with van der Waals surface area (Å²) in [7, 11) is 0. The quantitative estimate of drug-likeness (QED) is 0.768. The first-order valence-corrected chi connectivity index (χ1v) is 6.98. The summed E-state index contributed by atoms with van der Waals surface area (Å²) in [6.45, 7) is 12.8. The zero-order valence-corrected chi connectivity index (χ0v) is 13.0. The SMILES string of the molecule is CC(Br)CC(C)NC(=O)CC(C)C(C)(C)C. The zero-order valence-electron chi connectivity index (χ0n) is 11.4. The van der Waals surface area contributed by atoms with Gasteiger partial charge in [-0.15, -0.1) is 0 Å². The van der Waals surface area contributed by atoms with Gasteiger partial charge in [0.05, 0.1) is 0 Å². The number of alkyl halides is 1. The van der Waals surface area contributed by atoms with Gasteiger partial charge in [-0.3, -0.25) is 4.79 Å². The van der Waals surface area contributed by atoms with Gasteiger partial charge in [0.25, 0.3) is 0 Å². The number of halogens is 1. The Morgan fingerprint density at radius 1 is 1.25 bits per heavy atom. The number of carbonyl (C=O) groups is 1. The van der Waals surface area contributed by atoms with E-state index in [9.17, 15) is 4.79 Å². The van der Waals surface area contributed by atoms with Crippen LogP contribution in [0.15, 0.2) is 0 Å². The van der Waals surface area contributed by atoms with E-state index in [2.05, 4.69) is 62.8 Å². The Balaban J connectivity index is 4.00. The van der Waals surface area contributed by atoms with Crippen molar-refractivity contribution in [3.05, 3.63) is 0 Å². The summed E-state index contributed by atoms with van der Waals surface area (Å²) in [6, 6.07) is 0.244. The number of rotatable bonds is 5. The van der Waals surface area contributed by atoms with E-state index in [1.165, 1.54) is 0 Å². The fourth-order valence-electron chi connectivity index (χ4n) is 1.46. The standard InChI is InChI=1S/C13H26BrNO/c1-9(13(4,5)6)7-12(16)15-11(3)8-10(2)14/h9-11H,7-8H2,1-6H3,(H,15,16). The maximum absolute atomic E-state index is 11.8. The van der Waals surface area contributed by atoms with E-state index < -0.39 is 0 Å². The van der Waals surface area contributed by atoms with E-state index in [-0.39, 0.29) is 17.4 Å². The van der Waals surface area contributed by atoms with Crippen molar-refractivity contribution >= 4 is 21.8 Å². The predicted molar refractivity (Wildman–Crippen MR) is 73.8 cm³/mol. The molecule has 2 nitrogen and oxygen atoms in total. The molecule has 0 fully saturated rings. The summed E-state index contributed by atoms with van der Waals surface area (Å²) in [5.74, 6) is 0.573. The Hall–Kier alpha value is -0.0500. The van der Waals surface area contributed by atoms with Crippen LogP contribution >= 0.6 is 15.9 Å². The first kappa shape index (κ1) is 16.0. The van der Waals surface area contributed by atoms with Gasteiger partial charge in [-0.05, 0) is 24.7 Å². The van der Waals surface area contributed by atoms with Crippen LogP contribution in [0.2, 0.25) is 0 Å². The van der Waals surface area contributed by atoms with Crippen LogP contribution in [0.1, 0.15) is 54.4 Å². The maximum atomic E-state index is 11.8. The molecule has 0 radical (unpaired) electrons. The summed E-state index contributed by atoms with van der Waals surface area (Å²) in [5, 5.41) is 3.05. The van der Waals surface area contributed by atoms with Gasteiger partial charge in [-0.2, -0.15) is 0 Å². The normalized spacial score (nSPS) is 17.7. The fraction of sp³-hybridized carbons (Fsp3) is 0.923. The van der Waals surface area contributed by atoms with Crippen molar-refractivity contribution in [2.45, 2.75) is 65.3 Å².